The largest absolute Gasteiger partial charge is 0.497 e. The Morgan fingerprint density at radius 2 is 1.67 bits per heavy atom. The molecule has 24 heavy (non-hydrogen) atoms. The topological polar surface area (TPSA) is 29.5 Å². The molecule has 0 atom stereocenters. The molecule has 1 aliphatic rings. The van der Waals surface area contributed by atoms with Gasteiger partial charge < -0.3 is 9.64 Å². The summed E-state index contributed by atoms with van der Waals surface area (Å²) in [4.78, 5) is 15.6. The quantitative estimate of drug-likeness (QED) is 0.467. The van der Waals surface area contributed by atoms with Crippen LogP contribution in [0.5, 0.6) is 5.75 Å². The molecule has 0 amide bonds. The average Bonchev–Trinajstić information content (AvgIpc) is 2.65. The Balaban J connectivity index is 1.90. The highest BCUT2D eigenvalue weighted by atomic mass is 32.2. The van der Waals surface area contributed by atoms with E-state index in [-0.39, 0.29) is 0 Å². The van der Waals surface area contributed by atoms with Gasteiger partial charge in [0.2, 0.25) is 0 Å². The van der Waals surface area contributed by atoms with Crippen molar-refractivity contribution in [3.8, 4) is 5.75 Å². The van der Waals surface area contributed by atoms with Gasteiger partial charge in [-0.3, -0.25) is 4.79 Å². The van der Waals surface area contributed by atoms with Crippen molar-refractivity contribution in [3.63, 3.8) is 0 Å². The monoisotopic (exact) mass is 333 g/mol. The van der Waals surface area contributed by atoms with E-state index in [0.717, 1.165) is 34.0 Å². The number of para-hydroxylation sites is 1. The lowest BCUT2D eigenvalue weighted by atomic mass is 10.1. The molecule has 3 nitrogen and oxygen atoms in total. The van der Waals surface area contributed by atoms with E-state index in [1.807, 2.05) is 54.6 Å². The number of hydrogen-bond acceptors (Lipinski definition) is 4. The van der Waals surface area contributed by atoms with Crippen LogP contribution in [0, 0.1) is 0 Å². The average molecular weight is 333 g/mol. The summed E-state index contributed by atoms with van der Waals surface area (Å²) in [5, 5.41) is 0. The van der Waals surface area contributed by atoms with Gasteiger partial charge in [-0.15, -0.1) is 0 Å². The predicted molar refractivity (Wildman–Crippen MR) is 97.2 cm³/mol. The molecule has 0 saturated heterocycles. The minimum atomic E-state index is 0.690. The summed E-state index contributed by atoms with van der Waals surface area (Å²) < 4.78 is 5.26. The molecule has 0 spiro atoms. The van der Waals surface area contributed by atoms with Gasteiger partial charge in [-0.2, -0.15) is 0 Å². The number of ether oxygens (including phenoxy) is 1. The second-order valence-corrected chi connectivity index (χ2v) is 6.53. The smallest absolute Gasteiger partial charge is 0.150 e. The highest BCUT2D eigenvalue weighted by Crippen LogP contribution is 2.51. The maximum Gasteiger partial charge on any atom is 0.150 e. The number of carbonyl (C=O) groups excluding carboxylic acids is 1. The predicted octanol–water partition coefficient (Wildman–Crippen LogP) is 5.44. The first-order chi connectivity index (χ1) is 11.8. The van der Waals surface area contributed by atoms with Crippen molar-refractivity contribution in [1.82, 2.24) is 0 Å². The first-order valence-corrected chi connectivity index (χ1v) is 8.42. The van der Waals surface area contributed by atoms with Crippen molar-refractivity contribution in [2.75, 3.05) is 12.0 Å². The Morgan fingerprint density at radius 3 is 2.42 bits per heavy atom. The maximum absolute atomic E-state index is 11.1. The van der Waals surface area contributed by atoms with Crippen LogP contribution in [0.1, 0.15) is 10.4 Å². The third-order valence-electron chi connectivity index (χ3n) is 4.02. The van der Waals surface area contributed by atoms with Crippen molar-refractivity contribution in [2.24, 2.45) is 0 Å². The molecule has 4 heteroatoms. The molecule has 118 valence electrons. The van der Waals surface area contributed by atoms with E-state index < -0.39 is 0 Å². The Bertz CT molecular complexity index is 906. The first-order valence-electron chi connectivity index (χ1n) is 7.60. The van der Waals surface area contributed by atoms with Crippen LogP contribution in [-0.2, 0) is 0 Å². The lowest BCUT2D eigenvalue weighted by Gasteiger charge is -2.33. The number of benzene rings is 3. The van der Waals surface area contributed by atoms with Crippen molar-refractivity contribution in [3.05, 3.63) is 72.3 Å². The second-order valence-electron chi connectivity index (χ2n) is 5.45. The highest BCUT2D eigenvalue weighted by Gasteiger charge is 2.24. The van der Waals surface area contributed by atoms with E-state index >= 15 is 0 Å². The Morgan fingerprint density at radius 1 is 0.917 bits per heavy atom. The number of rotatable bonds is 3. The van der Waals surface area contributed by atoms with Crippen LogP contribution < -0.4 is 9.64 Å². The normalized spacial score (nSPS) is 12.3. The number of carbonyl (C=O) groups is 1. The third kappa shape index (κ3) is 2.45. The van der Waals surface area contributed by atoms with Crippen LogP contribution in [0.3, 0.4) is 0 Å². The van der Waals surface area contributed by atoms with Crippen molar-refractivity contribution in [2.45, 2.75) is 9.79 Å². The molecule has 0 aliphatic carbocycles. The number of aldehydes is 1. The zero-order valence-electron chi connectivity index (χ0n) is 13.1. The molecule has 1 aliphatic heterocycles. The number of nitrogens with zero attached hydrogens (tertiary/aromatic N) is 1. The summed E-state index contributed by atoms with van der Waals surface area (Å²) >= 11 is 1.69. The van der Waals surface area contributed by atoms with Gasteiger partial charge in [-0.05, 0) is 54.6 Å². The fourth-order valence-corrected chi connectivity index (χ4v) is 3.96. The van der Waals surface area contributed by atoms with Gasteiger partial charge in [0.1, 0.15) is 12.0 Å². The standard InChI is InChI=1S/C20H15NO2S/c1-23-16-9-7-15(8-10-16)21-17-4-2-3-5-19(17)24-20-12-14(13-22)6-11-18(20)21/h2-13H,1H3. The first kappa shape index (κ1) is 14.8. The summed E-state index contributed by atoms with van der Waals surface area (Å²) in [6.07, 6.45) is 0.888. The van der Waals surface area contributed by atoms with E-state index in [1.165, 1.54) is 4.90 Å². The maximum atomic E-state index is 11.1. The summed E-state index contributed by atoms with van der Waals surface area (Å²) in [7, 11) is 1.66. The van der Waals surface area contributed by atoms with Gasteiger partial charge in [0.15, 0.2) is 0 Å². The molecule has 0 radical (unpaired) electrons. The van der Waals surface area contributed by atoms with E-state index in [0.29, 0.717) is 5.56 Å². The Labute approximate surface area is 144 Å². The minimum Gasteiger partial charge on any atom is -0.497 e. The number of anilines is 3. The van der Waals surface area contributed by atoms with Gasteiger partial charge in [0.25, 0.3) is 0 Å². The fraction of sp³-hybridized carbons (Fsp3) is 0.0500. The van der Waals surface area contributed by atoms with Crippen LogP contribution >= 0.6 is 11.8 Å². The van der Waals surface area contributed by atoms with Gasteiger partial charge >= 0.3 is 0 Å². The molecule has 0 N–H and O–H groups in total. The van der Waals surface area contributed by atoms with Crippen LogP contribution in [0.2, 0.25) is 0 Å². The second kappa shape index (κ2) is 6.06. The van der Waals surface area contributed by atoms with E-state index in [2.05, 4.69) is 17.0 Å². The third-order valence-corrected chi connectivity index (χ3v) is 5.13. The minimum absolute atomic E-state index is 0.690. The van der Waals surface area contributed by atoms with E-state index in [9.17, 15) is 4.79 Å². The molecular weight excluding hydrogens is 318 g/mol. The zero-order valence-corrected chi connectivity index (χ0v) is 13.9. The van der Waals surface area contributed by atoms with Crippen LogP contribution in [-0.4, -0.2) is 13.4 Å². The molecule has 4 rings (SSSR count). The number of methoxy groups -OCH3 is 1. The molecule has 0 fully saturated rings. The molecule has 0 aromatic heterocycles. The van der Waals surface area contributed by atoms with Gasteiger partial charge in [-0.25, -0.2) is 0 Å². The lowest BCUT2D eigenvalue weighted by molar-refractivity contribution is 0.112. The van der Waals surface area contributed by atoms with Crippen molar-refractivity contribution >= 4 is 35.1 Å². The molecule has 1 heterocycles. The molecular formula is C20H15NO2S. The molecule has 3 aromatic rings. The van der Waals surface area contributed by atoms with Crippen LogP contribution in [0.4, 0.5) is 17.1 Å². The lowest BCUT2D eigenvalue weighted by Crippen LogP contribution is -2.14. The van der Waals surface area contributed by atoms with E-state index in [1.54, 1.807) is 18.9 Å². The van der Waals surface area contributed by atoms with Crippen molar-refractivity contribution < 1.29 is 9.53 Å². The summed E-state index contributed by atoms with van der Waals surface area (Å²) in [5.74, 6) is 0.829. The summed E-state index contributed by atoms with van der Waals surface area (Å²) in [6, 6.07) is 22.1. The molecule has 0 bridgehead atoms. The highest BCUT2D eigenvalue weighted by molar-refractivity contribution is 7.99. The SMILES string of the molecule is COc1ccc(N2c3ccccc3Sc3cc(C=O)ccc32)cc1. The molecule has 0 saturated carbocycles. The van der Waals surface area contributed by atoms with Gasteiger partial charge in [-0.1, -0.05) is 23.9 Å². The van der Waals surface area contributed by atoms with Gasteiger partial charge in [0, 0.05) is 21.0 Å². The van der Waals surface area contributed by atoms with Crippen LogP contribution in [0.25, 0.3) is 0 Å². The van der Waals surface area contributed by atoms with Crippen molar-refractivity contribution in [1.29, 1.82) is 0 Å². The number of hydrogen-bond donors (Lipinski definition) is 0. The van der Waals surface area contributed by atoms with Crippen LogP contribution in [0.15, 0.2) is 76.5 Å². The number of fused-ring (bicyclic) bond motifs is 2. The zero-order chi connectivity index (χ0) is 16.5. The summed E-state index contributed by atoms with van der Waals surface area (Å²) in [6.45, 7) is 0. The van der Waals surface area contributed by atoms with E-state index in [4.69, 9.17) is 4.74 Å². The molecule has 3 aromatic carbocycles. The Hall–Kier alpha value is -2.72. The Kier molecular flexibility index (Phi) is 3.75. The molecule has 0 unspecified atom stereocenters. The summed E-state index contributed by atoms with van der Waals surface area (Å²) in [5.41, 5.74) is 3.97. The van der Waals surface area contributed by atoms with Gasteiger partial charge in [0.05, 0.1) is 18.5 Å². The fourth-order valence-electron chi connectivity index (χ4n) is 2.86.